The molecule has 19 heavy (non-hydrogen) atoms. The van der Waals surface area contributed by atoms with E-state index in [-0.39, 0.29) is 28.0 Å². The summed E-state index contributed by atoms with van der Waals surface area (Å²) in [6, 6.07) is 3.62. The number of nitrogens with zero attached hydrogens (tertiary/aromatic N) is 2. The molecule has 2 aromatic rings. The zero-order chi connectivity index (χ0) is 14.2. The van der Waals surface area contributed by atoms with Crippen LogP contribution in [0.15, 0.2) is 24.4 Å². The van der Waals surface area contributed by atoms with Crippen LogP contribution in [0.1, 0.15) is 35.9 Å². The molecule has 0 atom stereocenters. The molecular formula is C13H13ClFN3O. The maximum atomic E-state index is 13.2. The van der Waals surface area contributed by atoms with Gasteiger partial charge >= 0.3 is 0 Å². The van der Waals surface area contributed by atoms with Crippen LogP contribution in [-0.2, 0) is 0 Å². The summed E-state index contributed by atoms with van der Waals surface area (Å²) in [5, 5.41) is 4.27. The monoisotopic (exact) mass is 281 g/mol. The molecule has 0 saturated heterocycles. The molecule has 0 radical (unpaired) electrons. The van der Waals surface area contributed by atoms with Crippen molar-refractivity contribution in [2.75, 3.05) is 5.73 Å². The SMILES string of the molecule is CC(C)n1ncc(Cl)c1C(=O)c1cc(F)ccc1N. The van der Waals surface area contributed by atoms with Gasteiger partial charge in [-0.1, -0.05) is 11.6 Å². The van der Waals surface area contributed by atoms with Crippen LogP contribution in [0, 0.1) is 5.82 Å². The summed E-state index contributed by atoms with van der Waals surface area (Å²) in [5.41, 5.74) is 6.22. The highest BCUT2D eigenvalue weighted by Crippen LogP contribution is 2.25. The minimum atomic E-state index is -0.524. The van der Waals surface area contributed by atoms with Crippen molar-refractivity contribution < 1.29 is 9.18 Å². The van der Waals surface area contributed by atoms with E-state index < -0.39 is 11.6 Å². The molecule has 0 fully saturated rings. The Hall–Kier alpha value is -1.88. The Labute approximate surface area is 115 Å². The molecule has 0 bridgehead atoms. The van der Waals surface area contributed by atoms with Crippen molar-refractivity contribution >= 4 is 23.1 Å². The Morgan fingerprint density at radius 3 is 2.79 bits per heavy atom. The number of hydrogen-bond donors (Lipinski definition) is 1. The third-order valence-electron chi connectivity index (χ3n) is 2.71. The largest absolute Gasteiger partial charge is 0.398 e. The minimum Gasteiger partial charge on any atom is -0.398 e. The van der Waals surface area contributed by atoms with Crippen LogP contribution in [0.25, 0.3) is 0 Å². The van der Waals surface area contributed by atoms with Crippen LogP contribution >= 0.6 is 11.6 Å². The van der Waals surface area contributed by atoms with Crippen molar-refractivity contribution in [3.05, 3.63) is 46.5 Å². The van der Waals surface area contributed by atoms with Crippen LogP contribution in [0.2, 0.25) is 5.02 Å². The highest BCUT2D eigenvalue weighted by Gasteiger charge is 2.22. The van der Waals surface area contributed by atoms with Gasteiger partial charge in [-0.05, 0) is 32.0 Å². The molecule has 0 unspecified atom stereocenters. The first-order chi connectivity index (χ1) is 8.91. The molecule has 1 aromatic heterocycles. The fraction of sp³-hybridized carbons (Fsp3) is 0.231. The lowest BCUT2D eigenvalue weighted by Crippen LogP contribution is -2.15. The standard InChI is InChI=1S/C13H13ClFN3O/c1-7(2)18-12(10(14)6-17-18)13(19)9-5-8(15)3-4-11(9)16/h3-7H,16H2,1-2H3. The van der Waals surface area contributed by atoms with Crippen LogP contribution in [0.4, 0.5) is 10.1 Å². The Kier molecular flexibility index (Phi) is 3.57. The number of benzene rings is 1. The Morgan fingerprint density at radius 1 is 1.47 bits per heavy atom. The summed E-state index contributed by atoms with van der Waals surface area (Å²) in [4.78, 5) is 12.4. The van der Waals surface area contributed by atoms with Gasteiger partial charge in [0.2, 0.25) is 5.78 Å². The Morgan fingerprint density at radius 2 is 2.16 bits per heavy atom. The Balaban J connectivity index is 2.56. The first-order valence-corrected chi connectivity index (χ1v) is 6.12. The molecule has 1 aromatic carbocycles. The fourth-order valence-corrected chi connectivity index (χ4v) is 2.01. The molecule has 2 rings (SSSR count). The molecule has 6 heteroatoms. The summed E-state index contributed by atoms with van der Waals surface area (Å²) >= 11 is 5.99. The number of carbonyl (C=O) groups is 1. The fourth-order valence-electron chi connectivity index (χ4n) is 1.80. The molecule has 0 aliphatic rings. The number of ketones is 1. The van der Waals surface area contributed by atoms with E-state index in [2.05, 4.69) is 5.10 Å². The molecule has 0 amide bonds. The van der Waals surface area contributed by atoms with Gasteiger partial charge in [-0.3, -0.25) is 9.48 Å². The average Bonchev–Trinajstić information content (AvgIpc) is 2.73. The van der Waals surface area contributed by atoms with E-state index >= 15 is 0 Å². The number of nitrogen functional groups attached to an aromatic ring is 1. The quantitative estimate of drug-likeness (QED) is 0.695. The zero-order valence-corrected chi connectivity index (χ0v) is 11.3. The van der Waals surface area contributed by atoms with E-state index in [1.54, 1.807) is 0 Å². The van der Waals surface area contributed by atoms with Crippen molar-refractivity contribution in [3.8, 4) is 0 Å². The van der Waals surface area contributed by atoms with E-state index in [0.717, 1.165) is 6.07 Å². The van der Waals surface area contributed by atoms with E-state index in [4.69, 9.17) is 17.3 Å². The van der Waals surface area contributed by atoms with Crippen LogP contribution in [-0.4, -0.2) is 15.6 Å². The van der Waals surface area contributed by atoms with Gasteiger partial charge in [0, 0.05) is 11.7 Å². The summed E-state index contributed by atoms with van der Waals surface area (Å²) in [6.07, 6.45) is 1.39. The second kappa shape index (κ2) is 5.01. The lowest BCUT2D eigenvalue weighted by Gasteiger charge is -2.11. The van der Waals surface area contributed by atoms with Gasteiger partial charge in [0.15, 0.2) is 0 Å². The lowest BCUT2D eigenvalue weighted by molar-refractivity contribution is 0.102. The smallest absolute Gasteiger partial charge is 0.214 e. The molecule has 4 nitrogen and oxygen atoms in total. The highest BCUT2D eigenvalue weighted by molar-refractivity contribution is 6.34. The summed E-state index contributed by atoms with van der Waals surface area (Å²) in [7, 11) is 0. The number of anilines is 1. The first-order valence-electron chi connectivity index (χ1n) is 5.74. The number of hydrogen-bond acceptors (Lipinski definition) is 3. The molecule has 2 N–H and O–H groups in total. The van der Waals surface area contributed by atoms with Gasteiger partial charge in [-0.2, -0.15) is 5.10 Å². The van der Waals surface area contributed by atoms with Crippen LogP contribution in [0.3, 0.4) is 0 Å². The van der Waals surface area contributed by atoms with E-state index in [9.17, 15) is 9.18 Å². The lowest BCUT2D eigenvalue weighted by atomic mass is 10.1. The van der Waals surface area contributed by atoms with Crippen molar-refractivity contribution in [1.82, 2.24) is 9.78 Å². The first kappa shape index (κ1) is 13.5. The van der Waals surface area contributed by atoms with Gasteiger partial charge in [0.1, 0.15) is 11.5 Å². The number of rotatable bonds is 3. The second-order valence-corrected chi connectivity index (χ2v) is 4.85. The molecular weight excluding hydrogens is 269 g/mol. The third kappa shape index (κ3) is 2.46. The highest BCUT2D eigenvalue weighted by atomic mass is 35.5. The molecule has 0 saturated carbocycles. The van der Waals surface area contributed by atoms with E-state index in [0.29, 0.717) is 0 Å². The van der Waals surface area contributed by atoms with Gasteiger partial charge in [-0.15, -0.1) is 0 Å². The van der Waals surface area contributed by atoms with Crippen molar-refractivity contribution in [2.45, 2.75) is 19.9 Å². The molecule has 0 aliphatic heterocycles. The maximum absolute atomic E-state index is 13.2. The normalized spacial score (nSPS) is 11.0. The van der Waals surface area contributed by atoms with Gasteiger partial charge in [0.25, 0.3) is 0 Å². The topological polar surface area (TPSA) is 60.9 Å². The van der Waals surface area contributed by atoms with Crippen molar-refractivity contribution in [1.29, 1.82) is 0 Å². The van der Waals surface area contributed by atoms with Gasteiger partial charge in [-0.25, -0.2) is 4.39 Å². The predicted octanol–water partition coefficient (Wildman–Crippen LogP) is 3.07. The van der Waals surface area contributed by atoms with Crippen LogP contribution in [0.5, 0.6) is 0 Å². The molecule has 100 valence electrons. The predicted molar refractivity (Wildman–Crippen MR) is 71.9 cm³/mol. The van der Waals surface area contributed by atoms with Gasteiger partial charge < -0.3 is 5.73 Å². The Bertz CT molecular complexity index is 637. The second-order valence-electron chi connectivity index (χ2n) is 4.44. The minimum absolute atomic E-state index is 0.0405. The number of carbonyl (C=O) groups excluding carboxylic acids is 1. The number of nitrogens with two attached hydrogens (primary N) is 1. The van der Waals surface area contributed by atoms with E-state index in [1.807, 2.05) is 13.8 Å². The third-order valence-corrected chi connectivity index (χ3v) is 2.99. The van der Waals surface area contributed by atoms with E-state index in [1.165, 1.54) is 23.0 Å². The maximum Gasteiger partial charge on any atom is 0.214 e. The molecule has 1 heterocycles. The molecule has 0 spiro atoms. The molecule has 0 aliphatic carbocycles. The van der Waals surface area contributed by atoms with Crippen molar-refractivity contribution in [2.24, 2.45) is 0 Å². The number of halogens is 2. The summed E-state index contributed by atoms with van der Waals surface area (Å²) in [6.45, 7) is 3.74. The van der Waals surface area contributed by atoms with Crippen LogP contribution < -0.4 is 5.73 Å². The van der Waals surface area contributed by atoms with Gasteiger partial charge in [0.05, 0.1) is 16.8 Å². The summed E-state index contributed by atoms with van der Waals surface area (Å²) in [5.74, 6) is -0.961. The van der Waals surface area contributed by atoms with Crippen molar-refractivity contribution in [3.63, 3.8) is 0 Å². The number of aromatic nitrogens is 2. The average molecular weight is 282 g/mol. The summed E-state index contributed by atoms with van der Waals surface area (Å²) < 4.78 is 14.7. The zero-order valence-electron chi connectivity index (χ0n) is 10.5.